The number of nitrogens with one attached hydrogen (secondary N) is 2. The molecule has 45 heavy (non-hydrogen) atoms. The van der Waals surface area contributed by atoms with Crippen molar-refractivity contribution in [3.63, 3.8) is 0 Å². The highest BCUT2D eigenvalue weighted by molar-refractivity contribution is 8.00. The number of urea groups is 1. The Labute approximate surface area is 275 Å². The molecule has 3 amide bonds. The summed E-state index contributed by atoms with van der Waals surface area (Å²) in [5.74, 6) is 0.609. The summed E-state index contributed by atoms with van der Waals surface area (Å²) in [7, 11) is 3.04. The van der Waals surface area contributed by atoms with E-state index in [-0.39, 0.29) is 23.2 Å². The Morgan fingerprint density at radius 3 is 2.42 bits per heavy atom. The van der Waals surface area contributed by atoms with Crippen molar-refractivity contribution < 1.29 is 19.1 Å². The molecule has 0 bridgehead atoms. The lowest BCUT2D eigenvalue weighted by molar-refractivity contribution is -0.115. The highest BCUT2D eigenvalue weighted by Crippen LogP contribution is 2.44. The molecular formula is C35H30ClN3O4S2. The van der Waals surface area contributed by atoms with Crippen molar-refractivity contribution in [1.82, 2.24) is 0 Å². The molecule has 0 fully saturated rings. The number of ether oxygens (including phenoxy) is 2. The van der Waals surface area contributed by atoms with E-state index in [4.69, 9.17) is 21.1 Å². The van der Waals surface area contributed by atoms with Crippen LogP contribution >= 0.6 is 35.1 Å². The van der Waals surface area contributed by atoms with Gasteiger partial charge < -0.3 is 20.1 Å². The minimum absolute atomic E-state index is 0.109. The van der Waals surface area contributed by atoms with Gasteiger partial charge in [-0.05, 0) is 42.0 Å². The van der Waals surface area contributed by atoms with Crippen molar-refractivity contribution in [3.05, 3.63) is 126 Å². The van der Waals surface area contributed by atoms with E-state index in [1.807, 2.05) is 95.9 Å². The molecule has 0 saturated heterocycles. The normalized spacial score (nSPS) is 17.1. The molecule has 1 heterocycles. The number of amides is 3. The van der Waals surface area contributed by atoms with E-state index in [1.165, 1.54) is 26.0 Å². The van der Waals surface area contributed by atoms with Gasteiger partial charge in [0.15, 0.2) is 0 Å². The number of methoxy groups -OCH3 is 2. The molecule has 10 heteroatoms. The van der Waals surface area contributed by atoms with E-state index in [9.17, 15) is 9.59 Å². The minimum atomic E-state index is -0.617. The number of benzene rings is 4. The van der Waals surface area contributed by atoms with Crippen LogP contribution in [0.15, 0.2) is 125 Å². The summed E-state index contributed by atoms with van der Waals surface area (Å²) in [5, 5.41) is 5.94. The number of rotatable bonds is 8. The van der Waals surface area contributed by atoms with Crippen molar-refractivity contribution in [2.45, 2.75) is 26.3 Å². The Kier molecular flexibility index (Phi) is 9.39. The van der Waals surface area contributed by atoms with Crippen LogP contribution in [0, 0.1) is 0 Å². The zero-order valence-electron chi connectivity index (χ0n) is 24.5. The SMILES string of the molecule is COc1cc(OC)c(NC(=O)C(Sc2cccc(NC(=O)N3c4ccccc4SC4C=CC=CC43)c2)c2ccccc2)cc1Cl. The largest absolute Gasteiger partial charge is 0.495 e. The maximum atomic E-state index is 13.8. The number of fused-ring (bicyclic) bond motifs is 2. The lowest BCUT2D eigenvalue weighted by Gasteiger charge is -2.40. The zero-order valence-corrected chi connectivity index (χ0v) is 26.9. The van der Waals surface area contributed by atoms with Gasteiger partial charge in [-0.2, -0.15) is 0 Å². The number of hydrogen-bond acceptors (Lipinski definition) is 6. The summed E-state index contributed by atoms with van der Waals surface area (Å²) in [5.41, 5.74) is 2.75. The molecule has 1 aliphatic heterocycles. The number of para-hydroxylation sites is 1. The molecule has 0 radical (unpaired) electrons. The Hall–Kier alpha value is -4.31. The Balaban J connectivity index is 1.24. The topological polar surface area (TPSA) is 79.9 Å². The predicted molar refractivity (Wildman–Crippen MR) is 184 cm³/mol. The van der Waals surface area contributed by atoms with Gasteiger partial charge in [0.25, 0.3) is 0 Å². The second-order valence-electron chi connectivity index (χ2n) is 10.2. The summed E-state index contributed by atoms with van der Waals surface area (Å²) in [4.78, 5) is 31.3. The van der Waals surface area contributed by atoms with Crippen molar-refractivity contribution >= 4 is 64.1 Å². The molecule has 4 aromatic carbocycles. The first-order chi connectivity index (χ1) is 21.9. The molecule has 6 rings (SSSR count). The third kappa shape index (κ3) is 6.71. The van der Waals surface area contributed by atoms with E-state index in [0.717, 1.165) is 21.0 Å². The van der Waals surface area contributed by atoms with Crippen LogP contribution in [-0.4, -0.2) is 37.4 Å². The van der Waals surface area contributed by atoms with Gasteiger partial charge in [0.1, 0.15) is 16.7 Å². The summed E-state index contributed by atoms with van der Waals surface area (Å²) >= 11 is 9.51. The lowest BCUT2D eigenvalue weighted by atomic mass is 10.1. The van der Waals surface area contributed by atoms with E-state index < -0.39 is 5.25 Å². The highest BCUT2D eigenvalue weighted by atomic mass is 35.5. The van der Waals surface area contributed by atoms with Crippen molar-refractivity contribution in [2.24, 2.45) is 0 Å². The maximum Gasteiger partial charge on any atom is 0.326 e. The molecule has 0 saturated carbocycles. The molecule has 2 N–H and O–H groups in total. The minimum Gasteiger partial charge on any atom is -0.495 e. The molecule has 3 atom stereocenters. The number of hydrogen-bond donors (Lipinski definition) is 2. The summed E-state index contributed by atoms with van der Waals surface area (Å²) < 4.78 is 10.8. The molecule has 1 aliphatic carbocycles. The fraction of sp³-hybridized carbons (Fsp3) is 0.143. The van der Waals surface area contributed by atoms with Gasteiger partial charge in [0.05, 0.1) is 41.9 Å². The molecule has 0 spiro atoms. The van der Waals surface area contributed by atoms with Crippen LogP contribution in [-0.2, 0) is 4.79 Å². The predicted octanol–water partition coefficient (Wildman–Crippen LogP) is 8.84. The third-order valence-electron chi connectivity index (χ3n) is 7.37. The van der Waals surface area contributed by atoms with Gasteiger partial charge >= 0.3 is 6.03 Å². The van der Waals surface area contributed by atoms with Gasteiger partial charge in [0.2, 0.25) is 5.91 Å². The fourth-order valence-electron chi connectivity index (χ4n) is 5.25. The second kappa shape index (κ2) is 13.8. The van der Waals surface area contributed by atoms with Gasteiger partial charge in [0, 0.05) is 21.5 Å². The molecule has 3 unspecified atom stereocenters. The summed E-state index contributed by atoms with van der Waals surface area (Å²) in [6.45, 7) is 0. The molecule has 4 aromatic rings. The third-order valence-corrected chi connectivity index (χ3v) is 10.2. The van der Waals surface area contributed by atoms with E-state index >= 15 is 0 Å². The van der Waals surface area contributed by atoms with Gasteiger partial charge in [-0.1, -0.05) is 84.4 Å². The second-order valence-corrected chi connectivity index (χ2v) is 13.0. The number of halogens is 1. The number of thioether (sulfide) groups is 2. The van der Waals surface area contributed by atoms with Gasteiger partial charge in [-0.3, -0.25) is 9.69 Å². The number of carbonyl (C=O) groups excluding carboxylic acids is 2. The van der Waals surface area contributed by atoms with Gasteiger partial charge in [-0.25, -0.2) is 4.79 Å². The Morgan fingerprint density at radius 2 is 1.62 bits per heavy atom. The molecule has 7 nitrogen and oxygen atoms in total. The van der Waals surface area contributed by atoms with Crippen molar-refractivity contribution in [1.29, 1.82) is 0 Å². The quantitative estimate of drug-likeness (QED) is 0.185. The maximum absolute atomic E-state index is 13.8. The van der Waals surface area contributed by atoms with Crippen molar-refractivity contribution in [3.8, 4) is 11.5 Å². The first-order valence-corrected chi connectivity index (χ1v) is 16.3. The standard InChI is InChI=1S/C35H30ClN3O4S2/c1-42-29-21-30(43-2)26(20-25(29)36)38-34(40)33(22-11-4-3-5-12-22)44-24-14-10-13-23(19-24)37-35(41)39-27-15-6-8-17-31(27)45-32-18-9-7-16-28(32)39/h3-21,27,31,33H,1-2H3,(H,37,41)(H,38,40). The van der Waals surface area contributed by atoms with Crippen LogP contribution in [0.2, 0.25) is 5.02 Å². The summed E-state index contributed by atoms with van der Waals surface area (Å²) in [6, 6.07) is 27.9. The molecule has 2 aliphatic rings. The average Bonchev–Trinajstić information content (AvgIpc) is 3.06. The smallest absolute Gasteiger partial charge is 0.326 e. The highest BCUT2D eigenvalue weighted by Gasteiger charge is 2.36. The van der Waals surface area contributed by atoms with Crippen LogP contribution in [0.4, 0.5) is 21.9 Å². The van der Waals surface area contributed by atoms with E-state index in [0.29, 0.717) is 27.9 Å². The van der Waals surface area contributed by atoms with Crippen LogP contribution in [0.5, 0.6) is 11.5 Å². The zero-order chi connectivity index (χ0) is 31.3. The van der Waals surface area contributed by atoms with Crippen molar-refractivity contribution in [2.75, 3.05) is 29.8 Å². The van der Waals surface area contributed by atoms with Crippen LogP contribution < -0.4 is 25.0 Å². The molecular weight excluding hydrogens is 626 g/mol. The van der Waals surface area contributed by atoms with Gasteiger partial charge in [-0.15, -0.1) is 23.5 Å². The van der Waals surface area contributed by atoms with E-state index in [1.54, 1.807) is 23.9 Å². The summed E-state index contributed by atoms with van der Waals surface area (Å²) in [6.07, 6.45) is 8.20. The first kappa shape index (κ1) is 30.7. The number of allylic oxidation sites excluding steroid dienone is 2. The lowest BCUT2D eigenvalue weighted by Crippen LogP contribution is -2.49. The van der Waals surface area contributed by atoms with E-state index in [2.05, 4.69) is 22.8 Å². The Bertz CT molecular complexity index is 1780. The molecule has 228 valence electrons. The number of anilines is 3. The average molecular weight is 656 g/mol. The number of carbonyl (C=O) groups is 2. The van der Waals surface area contributed by atoms with Crippen LogP contribution in [0.1, 0.15) is 10.8 Å². The Morgan fingerprint density at radius 1 is 0.867 bits per heavy atom. The van der Waals surface area contributed by atoms with Crippen LogP contribution in [0.3, 0.4) is 0 Å². The number of nitrogens with zero attached hydrogens (tertiary/aromatic N) is 1. The molecule has 0 aromatic heterocycles. The first-order valence-electron chi connectivity index (χ1n) is 14.2. The monoisotopic (exact) mass is 655 g/mol. The van der Waals surface area contributed by atoms with Crippen LogP contribution in [0.25, 0.3) is 0 Å². The fourth-order valence-corrected chi connectivity index (χ4v) is 7.83.